The molecule has 0 amide bonds. The number of rotatable bonds is 4. The maximum Gasteiger partial charge on any atom is 0.161 e. The molecule has 0 unspecified atom stereocenters. The van der Waals surface area contributed by atoms with Gasteiger partial charge in [0.2, 0.25) is 0 Å². The second kappa shape index (κ2) is 13.7. The maximum atomic E-state index is 6.96. The van der Waals surface area contributed by atoms with Gasteiger partial charge in [-0.3, -0.25) is 0 Å². The molecular weight excluding hydrogens is 843 g/mol. The fourth-order valence-electron chi connectivity index (χ4n) is 10.6. The normalized spacial score (nSPS) is 12.2. The third-order valence-electron chi connectivity index (χ3n) is 13.6. The Bertz CT molecular complexity index is 4420. The second-order valence-electron chi connectivity index (χ2n) is 17.2. The monoisotopic (exact) mass is 875 g/mol. The number of furan rings is 1. The Labute approximate surface area is 384 Å². The van der Waals surface area contributed by atoms with E-state index in [1.807, 2.05) is 17.4 Å². The lowest BCUT2D eigenvalue weighted by Crippen LogP contribution is -1.99. The summed E-state index contributed by atoms with van der Waals surface area (Å²) in [5.74, 6) is 0.682. The molecule has 306 valence electrons. The molecule has 66 heavy (non-hydrogen) atoms. The highest BCUT2D eigenvalue weighted by Crippen LogP contribution is 2.46. The van der Waals surface area contributed by atoms with E-state index in [2.05, 4.69) is 199 Å². The Morgan fingerprint density at radius 3 is 1.73 bits per heavy atom. The molecule has 10 aromatic carbocycles. The number of thiophene rings is 2. The zero-order valence-corrected chi connectivity index (χ0v) is 36.8. The predicted octanol–water partition coefficient (Wildman–Crippen LogP) is 17.5. The van der Waals surface area contributed by atoms with E-state index >= 15 is 0 Å². The standard InChI is InChI=1S/C60H33N3OS2/c1-2-15-36-30-52-47(29-35(36)14-1)42-28-27-34-13-3-4-16-38(34)56(42)63(52)37-31-48-39-17-5-8-24-53(39)64-57(48)49(32-37)51-33-50(45-22-11-20-43-40-18-6-9-25-54(40)65-58(43)45)61-60(62-51)46-23-12-21-44-41-19-7-10-26-55(41)66-59(44)46/h1-33H. The molecule has 4 nitrogen and oxygen atoms in total. The lowest BCUT2D eigenvalue weighted by atomic mass is 10.0. The maximum absolute atomic E-state index is 6.96. The van der Waals surface area contributed by atoms with Crippen molar-refractivity contribution in [3.63, 3.8) is 0 Å². The summed E-state index contributed by atoms with van der Waals surface area (Å²) >= 11 is 3.62. The van der Waals surface area contributed by atoms with Crippen molar-refractivity contribution < 1.29 is 4.42 Å². The molecular formula is C60H33N3OS2. The van der Waals surface area contributed by atoms with Crippen molar-refractivity contribution in [3.05, 3.63) is 200 Å². The van der Waals surface area contributed by atoms with Crippen LogP contribution in [-0.4, -0.2) is 14.5 Å². The average molecular weight is 876 g/mol. The summed E-state index contributed by atoms with van der Waals surface area (Å²) in [6.45, 7) is 0. The predicted molar refractivity (Wildman–Crippen MR) is 281 cm³/mol. The molecule has 0 aliphatic carbocycles. The van der Waals surface area contributed by atoms with E-state index < -0.39 is 0 Å². The van der Waals surface area contributed by atoms with Gasteiger partial charge in [0.15, 0.2) is 5.82 Å². The minimum atomic E-state index is 0.682. The van der Waals surface area contributed by atoms with Crippen LogP contribution in [0.15, 0.2) is 205 Å². The van der Waals surface area contributed by atoms with E-state index in [1.165, 1.54) is 78.2 Å². The first-order valence-electron chi connectivity index (χ1n) is 22.2. The fraction of sp³-hybridized carbons (Fsp3) is 0. The van der Waals surface area contributed by atoms with Crippen LogP contribution >= 0.6 is 22.7 Å². The largest absolute Gasteiger partial charge is 0.455 e. The summed E-state index contributed by atoms with van der Waals surface area (Å²) in [6.07, 6.45) is 0. The molecule has 0 atom stereocenters. The number of aromatic nitrogens is 3. The van der Waals surface area contributed by atoms with E-state index in [0.717, 1.165) is 61.2 Å². The summed E-state index contributed by atoms with van der Waals surface area (Å²) in [7, 11) is 0. The molecule has 0 bridgehead atoms. The Hall–Kier alpha value is -8.16. The van der Waals surface area contributed by atoms with Crippen LogP contribution in [0, 0.1) is 0 Å². The highest BCUT2D eigenvalue weighted by molar-refractivity contribution is 7.26. The Balaban J connectivity index is 1.08. The second-order valence-corrected chi connectivity index (χ2v) is 19.3. The average Bonchev–Trinajstić information content (AvgIpc) is 4.14. The first-order valence-corrected chi connectivity index (χ1v) is 23.8. The van der Waals surface area contributed by atoms with Crippen LogP contribution in [0.2, 0.25) is 0 Å². The Morgan fingerprint density at radius 2 is 0.970 bits per heavy atom. The van der Waals surface area contributed by atoms with Crippen LogP contribution in [0.25, 0.3) is 145 Å². The molecule has 5 heterocycles. The minimum Gasteiger partial charge on any atom is -0.455 e. The molecule has 0 spiro atoms. The van der Waals surface area contributed by atoms with E-state index in [9.17, 15) is 0 Å². The molecule has 0 aliphatic rings. The third kappa shape index (κ3) is 5.19. The van der Waals surface area contributed by atoms with Crippen LogP contribution < -0.4 is 0 Å². The topological polar surface area (TPSA) is 43.9 Å². The van der Waals surface area contributed by atoms with E-state index in [-0.39, 0.29) is 0 Å². The van der Waals surface area contributed by atoms with Gasteiger partial charge in [0.05, 0.1) is 22.4 Å². The summed E-state index contributed by atoms with van der Waals surface area (Å²) in [5, 5.41) is 14.3. The number of nitrogens with zero attached hydrogens (tertiary/aromatic N) is 3. The van der Waals surface area contributed by atoms with Gasteiger partial charge in [0.1, 0.15) is 11.2 Å². The summed E-state index contributed by atoms with van der Waals surface area (Å²) in [4.78, 5) is 11.2. The van der Waals surface area contributed by atoms with Crippen molar-refractivity contribution in [2.24, 2.45) is 0 Å². The van der Waals surface area contributed by atoms with Gasteiger partial charge in [0.25, 0.3) is 0 Å². The van der Waals surface area contributed by atoms with Crippen molar-refractivity contribution in [2.45, 2.75) is 0 Å². The first-order chi connectivity index (χ1) is 32.7. The van der Waals surface area contributed by atoms with Crippen LogP contribution in [0.1, 0.15) is 0 Å². The molecule has 5 aromatic heterocycles. The van der Waals surface area contributed by atoms with Gasteiger partial charge in [-0.2, -0.15) is 0 Å². The lowest BCUT2D eigenvalue weighted by Gasteiger charge is -2.14. The van der Waals surface area contributed by atoms with Crippen molar-refractivity contribution in [2.75, 3.05) is 0 Å². The van der Waals surface area contributed by atoms with E-state index in [0.29, 0.717) is 5.82 Å². The smallest absolute Gasteiger partial charge is 0.161 e. The molecule has 0 radical (unpaired) electrons. The number of benzene rings is 10. The number of para-hydroxylation sites is 1. The van der Waals surface area contributed by atoms with E-state index in [4.69, 9.17) is 14.4 Å². The van der Waals surface area contributed by atoms with Crippen molar-refractivity contribution in [3.8, 4) is 39.6 Å². The zero-order chi connectivity index (χ0) is 43.0. The summed E-state index contributed by atoms with van der Waals surface area (Å²) in [5.41, 5.74) is 9.67. The molecule has 0 N–H and O–H groups in total. The SMILES string of the molecule is c1ccc2cc3c(cc2c1)c1ccc2ccccc2c1n3-c1cc(-c2cc(-c3cccc4c3sc3ccccc34)nc(-c3cccc4c3sc3ccccc34)n2)c2oc3ccccc3c2c1. The third-order valence-corrected chi connectivity index (χ3v) is 16.0. The fourth-order valence-corrected chi connectivity index (χ4v) is 13.0. The molecule has 0 saturated heterocycles. The van der Waals surface area contributed by atoms with Gasteiger partial charge >= 0.3 is 0 Å². The van der Waals surface area contributed by atoms with Crippen molar-refractivity contribution in [1.82, 2.24) is 14.5 Å². The van der Waals surface area contributed by atoms with Gasteiger partial charge in [-0.1, -0.05) is 146 Å². The Morgan fingerprint density at radius 1 is 0.379 bits per heavy atom. The van der Waals surface area contributed by atoms with Crippen LogP contribution in [0.5, 0.6) is 0 Å². The van der Waals surface area contributed by atoms with E-state index in [1.54, 1.807) is 11.3 Å². The van der Waals surface area contributed by atoms with Gasteiger partial charge in [-0.05, 0) is 70.8 Å². The number of fused-ring (bicyclic) bond motifs is 15. The summed E-state index contributed by atoms with van der Waals surface area (Å²) in [6, 6.07) is 72.4. The van der Waals surface area contributed by atoms with Crippen LogP contribution in [0.4, 0.5) is 0 Å². The Kier molecular flexibility index (Phi) is 7.50. The van der Waals surface area contributed by atoms with Crippen LogP contribution in [0.3, 0.4) is 0 Å². The van der Waals surface area contributed by atoms with Gasteiger partial charge < -0.3 is 8.98 Å². The first kappa shape index (κ1) is 36.2. The number of hydrogen-bond donors (Lipinski definition) is 0. The molecule has 0 aliphatic heterocycles. The number of hydrogen-bond acceptors (Lipinski definition) is 5. The molecule has 0 fully saturated rings. The minimum absolute atomic E-state index is 0.682. The molecule has 0 saturated carbocycles. The lowest BCUT2D eigenvalue weighted by molar-refractivity contribution is 0.669. The van der Waals surface area contributed by atoms with Crippen LogP contribution in [-0.2, 0) is 0 Å². The molecule has 15 rings (SSSR count). The molecule has 15 aromatic rings. The van der Waals surface area contributed by atoms with Gasteiger partial charge in [-0.25, -0.2) is 9.97 Å². The van der Waals surface area contributed by atoms with Gasteiger partial charge in [0, 0.05) is 89.7 Å². The van der Waals surface area contributed by atoms with Crippen molar-refractivity contribution in [1.29, 1.82) is 0 Å². The summed E-state index contributed by atoms with van der Waals surface area (Å²) < 4.78 is 14.3. The quantitative estimate of drug-likeness (QED) is 0.177. The highest BCUT2D eigenvalue weighted by Gasteiger charge is 2.24. The highest BCUT2D eigenvalue weighted by atomic mass is 32.1. The van der Waals surface area contributed by atoms with Crippen molar-refractivity contribution >= 4 is 128 Å². The van der Waals surface area contributed by atoms with Gasteiger partial charge in [-0.15, -0.1) is 22.7 Å². The molecule has 6 heteroatoms. The zero-order valence-electron chi connectivity index (χ0n) is 35.1.